The van der Waals surface area contributed by atoms with Gasteiger partial charge in [-0.25, -0.2) is 9.78 Å². The van der Waals surface area contributed by atoms with Crippen molar-refractivity contribution in [1.29, 1.82) is 0 Å². The fourth-order valence-corrected chi connectivity index (χ4v) is 2.32. The SMILES string of the molecule is COc1ccc(C)cc1COC(=O)/C=C/c1nc2ccccc2o1. The van der Waals surface area contributed by atoms with Gasteiger partial charge in [0, 0.05) is 17.7 Å². The van der Waals surface area contributed by atoms with Crippen molar-refractivity contribution in [3.8, 4) is 5.75 Å². The summed E-state index contributed by atoms with van der Waals surface area (Å²) in [4.78, 5) is 16.1. The Morgan fingerprint density at radius 2 is 2.08 bits per heavy atom. The van der Waals surface area contributed by atoms with Crippen LogP contribution in [0.2, 0.25) is 0 Å². The van der Waals surface area contributed by atoms with E-state index in [-0.39, 0.29) is 6.61 Å². The van der Waals surface area contributed by atoms with Crippen LogP contribution in [0, 0.1) is 6.92 Å². The number of hydrogen-bond acceptors (Lipinski definition) is 5. The smallest absolute Gasteiger partial charge is 0.331 e. The van der Waals surface area contributed by atoms with Gasteiger partial charge in [0.1, 0.15) is 17.9 Å². The summed E-state index contributed by atoms with van der Waals surface area (Å²) in [5.41, 5.74) is 3.31. The highest BCUT2D eigenvalue weighted by Crippen LogP contribution is 2.20. The van der Waals surface area contributed by atoms with E-state index < -0.39 is 5.97 Å². The lowest BCUT2D eigenvalue weighted by molar-refractivity contribution is -0.138. The Balaban J connectivity index is 1.64. The molecule has 122 valence electrons. The van der Waals surface area contributed by atoms with Crippen molar-refractivity contribution in [2.24, 2.45) is 0 Å². The first-order valence-corrected chi connectivity index (χ1v) is 7.49. The summed E-state index contributed by atoms with van der Waals surface area (Å²) >= 11 is 0. The van der Waals surface area contributed by atoms with Gasteiger partial charge in [-0.2, -0.15) is 0 Å². The normalized spacial score (nSPS) is 11.1. The van der Waals surface area contributed by atoms with Gasteiger partial charge in [-0.1, -0.05) is 23.8 Å². The molecule has 3 aromatic rings. The summed E-state index contributed by atoms with van der Waals surface area (Å²) < 4.78 is 16.0. The van der Waals surface area contributed by atoms with Gasteiger partial charge < -0.3 is 13.9 Å². The highest BCUT2D eigenvalue weighted by atomic mass is 16.5. The number of carbonyl (C=O) groups is 1. The van der Waals surface area contributed by atoms with E-state index in [1.54, 1.807) is 7.11 Å². The highest BCUT2D eigenvalue weighted by molar-refractivity contribution is 5.87. The number of oxazole rings is 1. The summed E-state index contributed by atoms with van der Waals surface area (Å²) in [6, 6.07) is 13.1. The second-order valence-corrected chi connectivity index (χ2v) is 5.28. The maximum atomic E-state index is 11.9. The molecule has 5 nitrogen and oxygen atoms in total. The van der Waals surface area contributed by atoms with Crippen LogP contribution in [0.1, 0.15) is 17.0 Å². The molecule has 0 saturated carbocycles. The Kier molecular flexibility index (Phi) is 4.61. The number of fused-ring (bicyclic) bond motifs is 1. The first kappa shape index (κ1) is 15.8. The molecule has 1 aromatic heterocycles. The van der Waals surface area contributed by atoms with Crippen LogP contribution >= 0.6 is 0 Å². The molecule has 0 radical (unpaired) electrons. The lowest BCUT2D eigenvalue weighted by Crippen LogP contribution is -2.02. The van der Waals surface area contributed by atoms with E-state index in [9.17, 15) is 4.79 Å². The van der Waals surface area contributed by atoms with Gasteiger partial charge >= 0.3 is 5.97 Å². The maximum Gasteiger partial charge on any atom is 0.331 e. The van der Waals surface area contributed by atoms with Crippen molar-refractivity contribution < 1.29 is 18.7 Å². The van der Waals surface area contributed by atoms with E-state index in [2.05, 4.69) is 4.98 Å². The minimum atomic E-state index is -0.471. The van der Waals surface area contributed by atoms with Crippen molar-refractivity contribution in [2.75, 3.05) is 7.11 Å². The minimum absolute atomic E-state index is 0.140. The number of ether oxygens (including phenoxy) is 2. The Hall–Kier alpha value is -3.08. The Bertz CT molecular complexity index is 862. The van der Waals surface area contributed by atoms with Crippen LogP contribution in [-0.2, 0) is 16.1 Å². The molecule has 0 N–H and O–H groups in total. The molecule has 24 heavy (non-hydrogen) atoms. The van der Waals surface area contributed by atoms with Gasteiger partial charge in [0.05, 0.1) is 7.11 Å². The van der Waals surface area contributed by atoms with Gasteiger partial charge in [0.15, 0.2) is 5.58 Å². The van der Waals surface area contributed by atoms with Crippen LogP contribution in [0.25, 0.3) is 17.2 Å². The highest BCUT2D eigenvalue weighted by Gasteiger charge is 2.07. The molecule has 0 atom stereocenters. The van der Waals surface area contributed by atoms with Gasteiger partial charge in [-0.3, -0.25) is 0 Å². The van der Waals surface area contributed by atoms with Gasteiger partial charge in [0.25, 0.3) is 0 Å². The third-order valence-corrected chi connectivity index (χ3v) is 3.48. The van der Waals surface area contributed by atoms with Crippen LogP contribution < -0.4 is 4.74 Å². The molecule has 0 aliphatic rings. The fraction of sp³-hybridized carbons (Fsp3) is 0.158. The molecule has 1 heterocycles. The summed E-state index contributed by atoms with van der Waals surface area (Å²) in [7, 11) is 1.59. The van der Waals surface area contributed by atoms with Gasteiger partial charge in [0.2, 0.25) is 5.89 Å². The summed E-state index contributed by atoms with van der Waals surface area (Å²) in [6.07, 6.45) is 2.79. The van der Waals surface area contributed by atoms with Crippen molar-refractivity contribution >= 4 is 23.1 Å². The van der Waals surface area contributed by atoms with Gasteiger partial charge in [-0.05, 0) is 31.2 Å². The monoisotopic (exact) mass is 323 g/mol. The minimum Gasteiger partial charge on any atom is -0.496 e. The predicted molar refractivity (Wildman–Crippen MR) is 90.6 cm³/mol. The van der Waals surface area contributed by atoms with Crippen molar-refractivity contribution in [3.05, 3.63) is 65.6 Å². The molecule has 5 heteroatoms. The number of rotatable bonds is 5. The van der Waals surface area contributed by atoms with E-state index in [4.69, 9.17) is 13.9 Å². The topological polar surface area (TPSA) is 61.6 Å². The van der Waals surface area contributed by atoms with E-state index in [1.807, 2.05) is 49.4 Å². The number of aryl methyl sites for hydroxylation is 1. The maximum absolute atomic E-state index is 11.9. The van der Waals surface area contributed by atoms with Crippen LogP contribution in [0.3, 0.4) is 0 Å². The molecule has 0 saturated heterocycles. The average molecular weight is 323 g/mol. The Morgan fingerprint density at radius 3 is 2.88 bits per heavy atom. The standard InChI is InChI=1S/C19H17NO4/c1-13-7-8-16(22-2)14(11-13)12-23-19(21)10-9-18-20-15-5-3-4-6-17(15)24-18/h3-11H,12H2,1-2H3/b10-9+. The van der Waals surface area contributed by atoms with Crippen LogP contribution in [0.5, 0.6) is 5.75 Å². The summed E-state index contributed by atoms with van der Waals surface area (Å²) in [6.45, 7) is 2.11. The van der Waals surface area contributed by atoms with Crippen LogP contribution in [0.4, 0.5) is 0 Å². The number of hydrogen-bond donors (Lipinski definition) is 0. The molecular formula is C19H17NO4. The van der Waals surface area contributed by atoms with E-state index in [1.165, 1.54) is 12.2 Å². The second-order valence-electron chi connectivity index (χ2n) is 5.28. The van der Waals surface area contributed by atoms with Crippen molar-refractivity contribution in [1.82, 2.24) is 4.98 Å². The zero-order valence-electron chi connectivity index (χ0n) is 13.5. The summed E-state index contributed by atoms with van der Waals surface area (Å²) in [5, 5.41) is 0. The number of methoxy groups -OCH3 is 1. The molecule has 0 fully saturated rings. The third kappa shape index (κ3) is 3.63. The summed E-state index contributed by atoms with van der Waals surface area (Å²) in [5.74, 6) is 0.582. The first-order chi connectivity index (χ1) is 11.7. The van der Waals surface area contributed by atoms with Crippen molar-refractivity contribution in [3.63, 3.8) is 0 Å². The van der Waals surface area contributed by atoms with E-state index >= 15 is 0 Å². The number of esters is 1. The quantitative estimate of drug-likeness (QED) is 0.526. The molecule has 2 aromatic carbocycles. The van der Waals surface area contributed by atoms with Crippen LogP contribution in [0.15, 0.2) is 53.0 Å². The molecular weight excluding hydrogens is 306 g/mol. The molecule has 0 bridgehead atoms. The molecule has 3 rings (SSSR count). The second kappa shape index (κ2) is 7.00. The van der Waals surface area contributed by atoms with E-state index in [0.717, 1.165) is 16.6 Å². The number of benzene rings is 2. The largest absolute Gasteiger partial charge is 0.496 e. The fourth-order valence-electron chi connectivity index (χ4n) is 2.32. The molecule has 0 unspecified atom stereocenters. The number of carbonyl (C=O) groups excluding carboxylic acids is 1. The van der Waals surface area contributed by atoms with Crippen LogP contribution in [-0.4, -0.2) is 18.1 Å². The number of para-hydroxylation sites is 2. The third-order valence-electron chi connectivity index (χ3n) is 3.48. The zero-order valence-corrected chi connectivity index (χ0v) is 13.5. The zero-order chi connectivity index (χ0) is 16.9. The van der Waals surface area contributed by atoms with Crippen molar-refractivity contribution in [2.45, 2.75) is 13.5 Å². The Morgan fingerprint density at radius 1 is 1.25 bits per heavy atom. The Labute approximate surface area is 139 Å². The number of nitrogens with zero attached hydrogens (tertiary/aromatic N) is 1. The lowest BCUT2D eigenvalue weighted by Gasteiger charge is -2.09. The molecule has 0 aliphatic carbocycles. The average Bonchev–Trinajstić information content (AvgIpc) is 3.01. The van der Waals surface area contributed by atoms with E-state index in [0.29, 0.717) is 17.2 Å². The number of aromatic nitrogens is 1. The lowest BCUT2D eigenvalue weighted by atomic mass is 10.1. The van der Waals surface area contributed by atoms with Gasteiger partial charge in [-0.15, -0.1) is 0 Å². The molecule has 0 amide bonds. The molecule has 0 aliphatic heterocycles. The molecule has 0 spiro atoms. The first-order valence-electron chi connectivity index (χ1n) is 7.49. The predicted octanol–water partition coefficient (Wildman–Crippen LogP) is 3.90.